The van der Waals surface area contributed by atoms with Gasteiger partial charge in [-0.05, 0) is 102 Å². The number of carbonyl (C=O) groups is 2. The van der Waals surface area contributed by atoms with Crippen LogP contribution in [0.3, 0.4) is 0 Å². The van der Waals surface area contributed by atoms with Gasteiger partial charge in [-0.25, -0.2) is 9.48 Å². The Kier molecular flexibility index (Phi) is 9.58. The lowest BCUT2D eigenvalue weighted by Gasteiger charge is -2.13. The van der Waals surface area contributed by atoms with Crippen LogP contribution in [-0.4, -0.2) is 45.2 Å². The van der Waals surface area contributed by atoms with Gasteiger partial charge in [0.25, 0.3) is 0 Å². The van der Waals surface area contributed by atoms with Gasteiger partial charge in [0, 0.05) is 44.0 Å². The molecule has 1 aromatic heterocycles. The first kappa shape index (κ1) is 28.4. The van der Waals surface area contributed by atoms with Crippen molar-refractivity contribution in [2.75, 3.05) is 23.7 Å². The molecule has 0 atom stereocenters. The number of benzene rings is 3. The molecule has 3 amide bonds. The minimum Gasteiger partial charge on any atom is -0.338 e. The Bertz CT molecular complexity index is 1480. The first-order valence-electron chi connectivity index (χ1n) is 13.4. The summed E-state index contributed by atoms with van der Waals surface area (Å²) in [5, 5.41) is 23.9. The Morgan fingerprint density at radius 3 is 2.35 bits per heavy atom. The Hall–Kier alpha value is -4.57. The van der Waals surface area contributed by atoms with Gasteiger partial charge in [0.15, 0.2) is 5.82 Å². The maximum absolute atomic E-state index is 12.7. The van der Waals surface area contributed by atoms with E-state index in [-0.39, 0.29) is 11.9 Å². The van der Waals surface area contributed by atoms with Gasteiger partial charge in [-0.3, -0.25) is 4.79 Å². The number of aryl methyl sites for hydroxylation is 3. The van der Waals surface area contributed by atoms with Crippen LogP contribution < -0.4 is 21.3 Å². The van der Waals surface area contributed by atoms with E-state index in [1.165, 1.54) is 23.6 Å². The summed E-state index contributed by atoms with van der Waals surface area (Å²) in [6.07, 6.45) is 1.81. The Morgan fingerprint density at radius 2 is 1.60 bits per heavy atom. The zero-order valence-electron chi connectivity index (χ0n) is 23.4. The third kappa shape index (κ3) is 7.97. The number of unbranched alkanes of at least 4 members (excludes halogenated alkanes) is 1. The number of hydrogen-bond acceptors (Lipinski definition) is 6. The highest BCUT2D eigenvalue weighted by Crippen LogP contribution is 2.30. The number of nitrogens with zero attached hydrogens (tertiary/aromatic N) is 4. The quantitative estimate of drug-likeness (QED) is 0.202. The Labute approximate surface area is 234 Å². The van der Waals surface area contributed by atoms with Crippen LogP contribution in [-0.2, 0) is 18.4 Å². The molecule has 0 saturated carbocycles. The lowest BCUT2D eigenvalue weighted by Crippen LogP contribution is -2.30. The molecule has 4 N–H and O–H groups in total. The molecule has 10 nitrogen and oxygen atoms in total. The molecule has 208 valence electrons. The molecule has 3 aromatic carbocycles. The molecular formula is C30H36N8O2. The van der Waals surface area contributed by atoms with Crippen LogP contribution >= 0.6 is 0 Å². The fourth-order valence-electron chi connectivity index (χ4n) is 4.35. The number of hydrogen-bond donors (Lipinski definition) is 4. The van der Waals surface area contributed by atoms with E-state index in [9.17, 15) is 9.59 Å². The van der Waals surface area contributed by atoms with Crippen LogP contribution in [0.4, 0.5) is 16.2 Å². The molecule has 0 saturated heterocycles. The van der Waals surface area contributed by atoms with Crippen molar-refractivity contribution in [1.82, 2.24) is 30.8 Å². The number of urea groups is 1. The van der Waals surface area contributed by atoms with E-state index in [0.717, 1.165) is 42.6 Å². The number of nitrogens with one attached hydrogen (secondary N) is 4. The van der Waals surface area contributed by atoms with Crippen LogP contribution in [0.15, 0.2) is 60.7 Å². The molecule has 0 fully saturated rings. The van der Waals surface area contributed by atoms with Gasteiger partial charge in [-0.2, -0.15) is 0 Å². The predicted octanol–water partition coefficient (Wildman–Crippen LogP) is 4.81. The van der Waals surface area contributed by atoms with Crippen LogP contribution in [0.1, 0.15) is 36.5 Å². The van der Waals surface area contributed by atoms with Gasteiger partial charge in [-0.15, -0.1) is 5.10 Å². The number of rotatable bonds is 11. The molecule has 40 heavy (non-hydrogen) atoms. The average Bonchev–Trinajstić information content (AvgIpc) is 3.35. The van der Waals surface area contributed by atoms with Crippen molar-refractivity contribution in [1.29, 1.82) is 0 Å². The van der Waals surface area contributed by atoms with Crippen LogP contribution in [0.2, 0.25) is 0 Å². The fourth-order valence-corrected chi connectivity index (χ4v) is 4.35. The van der Waals surface area contributed by atoms with Crippen molar-refractivity contribution < 1.29 is 9.59 Å². The molecule has 0 aliphatic carbocycles. The van der Waals surface area contributed by atoms with Crippen molar-refractivity contribution in [3.63, 3.8) is 0 Å². The third-order valence-electron chi connectivity index (χ3n) is 6.55. The van der Waals surface area contributed by atoms with Crippen molar-refractivity contribution in [3.05, 3.63) is 77.4 Å². The van der Waals surface area contributed by atoms with Crippen molar-refractivity contribution in [2.45, 2.75) is 40.2 Å². The molecule has 0 aliphatic rings. The molecule has 4 aromatic rings. The monoisotopic (exact) mass is 540 g/mol. The zero-order chi connectivity index (χ0) is 28.5. The summed E-state index contributed by atoms with van der Waals surface area (Å²) in [4.78, 5) is 24.2. The SMILES string of the molecule is CC(=O)Nc1cccc(-c2cc(NC(=O)NCCCCNCc3ccc(C)c(C)c3)cc(-c3nnnn3C)c2)c1. The molecule has 4 rings (SSSR count). The Morgan fingerprint density at radius 1 is 0.825 bits per heavy atom. The highest BCUT2D eigenvalue weighted by atomic mass is 16.2. The van der Waals surface area contributed by atoms with Crippen LogP contribution in [0, 0.1) is 13.8 Å². The van der Waals surface area contributed by atoms with Gasteiger partial charge >= 0.3 is 6.03 Å². The zero-order valence-corrected chi connectivity index (χ0v) is 23.4. The van der Waals surface area contributed by atoms with E-state index in [2.05, 4.69) is 68.8 Å². The molecule has 0 spiro atoms. The number of carbonyl (C=O) groups excluding carboxylic acids is 2. The van der Waals surface area contributed by atoms with E-state index in [4.69, 9.17) is 0 Å². The van der Waals surface area contributed by atoms with E-state index >= 15 is 0 Å². The highest BCUT2D eigenvalue weighted by Gasteiger charge is 2.12. The molecular weight excluding hydrogens is 504 g/mol. The average molecular weight is 541 g/mol. The largest absolute Gasteiger partial charge is 0.338 e. The van der Waals surface area contributed by atoms with E-state index in [0.29, 0.717) is 23.7 Å². The van der Waals surface area contributed by atoms with Gasteiger partial charge in [0.2, 0.25) is 5.91 Å². The molecule has 0 aliphatic heterocycles. The number of tetrazole rings is 1. The Balaban J connectivity index is 1.34. The maximum atomic E-state index is 12.7. The summed E-state index contributed by atoms with van der Waals surface area (Å²) in [7, 11) is 1.76. The lowest BCUT2D eigenvalue weighted by atomic mass is 10.0. The fraction of sp³-hybridized carbons (Fsp3) is 0.300. The smallest absolute Gasteiger partial charge is 0.319 e. The minimum absolute atomic E-state index is 0.146. The molecule has 1 heterocycles. The number of aromatic nitrogens is 4. The topological polar surface area (TPSA) is 126 Å². The number of anilines is 2. The van der Waals surface area contributed by atoms with Gasteiger partial charge in [0.05, 0.1) is 0 Å². The third-order valence-corrected chi connectivity index (χ3v) is 6.55. The summed E-state index contributed by atoms with van der Waals surface area (Å²) >= 11 is 0. The van der Waals surface area contributed by atoms with E-state index in [1.807, 2.05) is 42.5 Å². The van der Waals surface area contributed by atoms with Gasteiger partial charge in [0.1, 0.15) is 0 Å². The summed E-state index contributed by atoms with van der Waals surface area (Å²) < 4.78 is 1.57. The molecule has 10 heteroatoms. The number of amides is 3. The van der Waals surface area contributed by atoms with E-state index in [1.54, 1.807) is 11.7 Å². The second kappa shape index (κ2) is 13.5. The summed E-state index contributed by atoms with van der Waals surface area (Å²) in [6.45, 7) is 8.00. The van der Waals surface area contributed by atoms with E-state index < -0.39 is 0 Å². The van der Waals surface area contributed by atoms with Crippen molar-refractivity contribution in [2.24, 2.45) is 7.05 Å². The van der Waals surface area contributed by atoms with Crippen molar-refractivity contribution in [3.8, 4) is 22.5 Å². The lowest BCUT2D eigenvalue weighted by molar-refractivity contribution is -0.114. The van der Waals surface area contributed by atoms with Crippen LogP contribution in [0.25, 0.3) is 22.5 Å². The minimum atomic E-state index is -0.283. The predicted molar refractivity (Wildman–Crippen MR) is 158 cm³/mol. The van der Waals surface area contributed by atoms with Crippen molar-refractivity contribution >= 4 is 23.3 Å². The summed E-state index contributed by atoms with van der Waals surface area (Å²) in [6, 6.07) is 19.4. The molecule has 0 bridgehead atoms. The molecule has 0 radical (unpaired) electrons. The first-order valence-corrected chi connectivity index (χ1v) is 13.4. The van der Waals surface area contributed by atoms with Crippen LogP contribution in [0.5, 0.6) is 0 Å². The second-order valence-electron chi connectivity index (χ2n) is 9.87. The highest BCUT2D eigenvalue weighted by molar-refractivity contribution is 5.92. The summed E-state index contributed by atoms with van der Waals surface area (Å²) in [5.41, 5.74) is 7.65. The van der Waals surface area contributed by atoms with Gasteiger partial charge < -0.3 is 21.3 Å². The normalized spacial score (nSPS) is 10.8. The second-order valence-corrected chi connectivity index (χ2v) is 9.87. The summed E-state index contributed by atoms with van der Waals surface area (Å²) in [5.74, 6) is 0.420. The van der Waals surface area contributed by atoms with Gasteiger partial charge in [-0.1, -0.05) is 30.3 Å². The first-order chi connectivity index (χ1) is 19.3. The maximum Gasteiger partial charge on any atom is 0.319 e. The standard InChI is InChI=1S/C30H36N8O2/c1-20-10-11-23(14-21(20)2)19-31-12-5-6-13-32-30(40)34-28-17-25(15-26(18-28)29-35-36-37-38(29)4)24-8-7-9-27(16-24)33-22(3)39/h7-11,14-18,31H,5-6,12-13,19H2,1-4H3,(H,33,39)(H2,32,34,40). The molecule has 0 unspecified atom stereocenters.